The maximum atomic E-state index is 11.6. The Morgan fingerprint density at radius 3 is 2.69 bits per heavy atom. The lowest BCUT2D eigenvalue weighted by Gasteiger charge is -2.07. The molecule has 0 bridgehead atoms. The second-order valence-corrected chi connectivity index (χ2v) is 3.60. The Hall–Kier alpha value is -1.97. The Morgan fingerprint density at radius 1 is 1.44 bits per heavy atom. The Morgan fingerprint density at radius 2 is 2.19 bits per heavy atom. The molecule has 1 amide bonds. The zero-order valence-electron chi connectivity index (χ0n) is 9.31. The van der Waals surface area contributed by atoms with Crippen molar-refractivity contribution in [2.75, 3.05) is 0 Å². The summed E-state index contributed by atoms with van der Waals surface area (Å²) in [6, 6.07) is 5.29. The number of hydrogen-bond acceptors (Lipinski definition) is 3. The van der Waals surface area contributed by atoms with Gasteiger partial charge in [0.1, 0.15) is 0 Å². The van der Waals surface area contributed by atoms with Gasteiger partial charge in [-0.2, -0.15) is 0 Å². The molecule has 0 radical (unpaired) electrons. The molecular formula is C12H14N2O2. The highest BCUT2D eigenvalue weighted by Gasteiger charge is 2.09. The van der Waals surface area contributed by atoms with E-state index in [1.807, 2.05) is 13.8 Å². The monoisotopic (exact) mass is 218 g/mol. The fourth-order valence-corrected chi connectivity index (χ4v) is 1.12. The van der Waals surface area contributed by atoms with Crippen molar-refractivity contribution in [3.8, 4) is 0 Å². The van der Waals surface area contributed by atoms with Crippen LogP contribution in [-0.2, 0) is 9.59 Å². The zero-order valence-corrected chi connectivity index (χ0v) is 9.31. The molecule has 0 aliphatic carbocycles. The van der Waals surface area contributed by atoms with Crippen LogP contribution in [0.4, 0.5) is 0 Å². The molecular weight excluding hydrogens is 204 g/mol. The first-order chi connectivity index (χ1) is 7.63. The third-order valence-electron chi connectivity index (χ3n) is 1.80. The zero-order chi connectivity index (χ0) is 12.0. The van der Waals surface area contributed by atoms with Crippen LogP contribution in [0.25, 0.3) is 6.08 Å². The third kappa shape index (κ3) is 3.65. The quantitative estimate of drug-likeness (QED) is 0.357. The van der Waals surface area contributed by atoms with Gasteiger partial charge in [-0.25, -0.2) is 0 Å². The van der Waals surface area contributed by atoms with E-state index in [2.05, 4.69) is 10.3 Å². The molecule has 0 fully saturated rings. The first-order valence-electron chi connectivity index (χ1n) is 5.02. The number of rotatable bonds is 4. The summed E-state index contributed by atoms with van der Waals surface area (Å²) in [5.41, 5.74) is 0.663. The van der Waals surface area contributed by atoms with Gasteiger partial charge in [-0.1, -0.05) is 6.07 Å². The van der Waals surface area contributed by atoms with Gasteiger partial charge in [0.05, 0.1) is 11.3 Å². The third-order valence-corrected chi connectivity index (χ3v) is 1.80. The number of nitrogens with one attached hydrogen (secondary N) is 1. The highest BCUT2D eigenvalue weighted by atomic mass is 16.2. The number of amides is 1. The molecule has 1 rings (SSSR count). The van der Waals surface area contributed by atoms with Crippen molar-refractivity contribution in [1.82, 2.24) is 10.3 Å². The van der Waals surface area contributed by atoms with E-state index in [1.54, 1.807) is 24.4 Å². The number of hydrogen-bond donors (Lipinski definition) is 1. The van der Waals surface area contributed by atoms with Crippen molar-refractivity contribution in [3.63, 3.8) is 0 Å². The predicted octanol–water partition coefficient (Wildman–Crippen LogP) is 1.19. The van der Waals surface area contributed by atoms with Crippen LogP contribution in [0.3, 0.4) is 0 Å². The second-order valence-electron chi connectivity index (χ2n) is 3.60. The van der Waals surface area contributed by atoms with E-state index in [9.17, 15) is 9.59 Å². The Bertz CT molecular complexity index is 397. The summed E-state index contributed by atoms with van der Waals surface area (Å²) in [5, 5.41) is 2.65. The molecule has 1 aromatic heterocycles. The topological polar surface area (TPSA) is 59.1 Å². The van der Waals surface area contributed by atoms with E-state index in [4.69, 9.17) is 0 Å². The molecule has 0 unspecified atom stereocenters. The highest BCUT2D eigenvalue weighted by Crippen LogP contribution is 2.02. The van der Waals surface area contributed by atoms with Crippen LogP contribution >= 0.6 is 0 Å². The average molecular weight is 218 g/mol. The van der Waals surface area contributed by atoms with Gasteiger partial charge in [-0.15, -0.1) is 0 Å². The molecule has 0 spiro atoms. The Kier molecular flexibility index (Phi) is 4.39. The number of aldehydes is 1. The SMILES string of the molecule is CC(C)NC(=O)/C(C=O)=C/c1ccccn1. The Labute approximate surface area is 94.4 Å². The molecule has 0 saturated heterocycles. The van der Waals surface area contributed by atoms with Crippen molar-refractivity contribution >= 4 is 18.3 Å². The number of aromatic nitrogens is 1. The summed E-state index contributed by atoms with van der Waals surface area (Å²) in [6.07, 6.45) is 3.60. The summed E-state index contributed by atoms with van der Waals surface area (Å²) >= 11 is 0. The van der Waals surface area contributed by atoms with Crippen LogP contribution in [0.1, 0.15) is 19.5 Å². The van der Waals surface area contributed by atoms with Crippen molar-refractivity contribution in [2.24, 2.45) is 0 Å². The van der Waals surface area contributed by atoms with Gasteiger partial charge in [-0.05, 0) is 32.1 Å². The maximum Gasteiger partial charge on any atom is 0.254 e. The van der Waals surface area contributed by atoms with E-state index in [0.717, 1.165) is 0 Å². The summed E-state index contributed by atoms with van der Waals surface area (Å²) < 4.78 is 0. The van der Waals surface area contributed by atoms with Crippen molar-refractivity contribution in [2.45, 2.75) is 19.9 Å². The molecule has 0 aliphatic heterocycles. The molecule has 4 heteroatoms. The lowest BCUT2D eigenvalue weighted by Crippen LogP contribution is -2.31. The molecule has 0 atom stereocenters. The van der Waals surface area contributed by atoms with Crippen LogP contribution < -0.4 is 5.32 Å². The number of carbonyl (C=O) groups excluding carboxylic acids is 2. The minimum absolute atomic E-state index is 0.000387. The lowest BCUT2D eigenvalue weighted by atomic mass is 10.2. The van der Waals surface area contributed by atoms with Gasteiger partial charge in [-0.3, -0.25) is 14.6 Å². The predicted molar refractivity (Wildman–Crippen MR) is 61.6 cm³/mol. The number of pyridine rings is 1. The van der Waals surface area contributed by atoms with Gasteiger partial charge in [0.2, 0.25) is 0 Å². The summed E-state index contributed by atoms with van der Waals surface area (Å²) in [4.78, 5) is 26.3. The van der Waals surface area contributed by atoms with E-state index in [0.29, 0.717) is 12.0 Å². The minimum Gasteiger partial charge on any atom is -0.350 e. The molecule has 4 nitrogen and oxygen atoms in total. The smallest absolute Gasteiger partial charge is 0.254 e. The number of nitrogens with zero attached hydrogens (tertiary/aromatic N) is 1. The van der Waals surface area contributed by atoms with Crippen LogP contribution in [0, 0.1) is 0 Å². The summed E-state index contributed by atoms with van der Waals surface area (Å²) in [5.74, 6) is -0.379. The fourth-order valence-electron chi connectivity index (χ4n) is 1.12. The summed E-state index contributed by atoms with van der Waals surface area (Å²) in [6.45, 7) is 3.67. The van der Waals surface area contributed by atoms with E-state index >= 15 is 0 Å². The van der Waals surface area contributed by atoms with E-state index in [-0.39, 0.29) is 17.5 Å². The van der Waals surface area contributed by atoms with Crippen LogP contribution in [-0.4, -0.2) is 23.2 Å². The van der Waals surface area contributed by atoms with Crippen molar-refractivity contribution < 1.29 is 9.59 Å². The first kappa shape index (κ1) is 12.1. The standard InChI is InChI=1S/C12H14N2O2/c1-9(2)14-12(16)10(8-15)7-11-5-3-4-6-13-11/h3-9H,1-2H3,(H,14,16)/b10-7+. The molecule has 0 aromatic carbocycles. The van der Waals surface area contributed by atoms with Crippen molar-refractivity contribution in [3.05, 3.63) is 35.7 Å². The molecule has 16 heavy (non-hydrogen) atoms. The van der Waals surface area contributed by atoms with Gasteiger partial charge in [0, 0.05) is 12.2 Å². The Balaban J connectivity index is 2.86. The normalized spacial score (nSPS) is 11.3. The molecule has 1 N–H and O–H groups in total. The minimum atomic E-state index is -0.379. The molecule has 84 valence electrons. The number of carbonyl (C=O) groups is 2. The lowest BCUT2D eigenvalue weighted by molar-refractivity contribution is -0.119. The fraction of sp³-hybridized carbons (Fsp3) is 0.250. The van der Waals surface area contributed by atoms with Crippen molar-refractivity contribution in [1.29, 1.82) is 0 Å². The van der Waals surface area contributed by atoms with E-state index in [1.165, 1.54) is 6.08 Å². The summed E-state index contributed by atoms with van der Waals surface area (Å²) in [7, 11) is 0. The molecule has 1 heterocycles. The van der Waals surface area contributed by atoms with Gasteiger partial charge in [0.15, 0.2) is 6.29 Å². The van der Waals surface area contributed by atoms with E-state index < -0.39 is 0 Å². The molecule has 0 saturated carbocycles. The molecule has 0 aliphatic rings. The van der Waals surface area contributed by atoms with Gasteiger partial charge >= 0.3 is 0 Å². The average Bonchev–Trinajstić information content (AvgIpc) is 2.26. The van der Waals surface area contributed by atoms with Crippen LogP contribution in [0.15, 0.2) is 30.0 Å². The second kappa shape index (κ2) is 5.80. The van der Waals surface area contributed by atoms with Crippen LogP contribution in [0.2, 0.25) is 0 Å². The molecule has 1 aromatic rings. The largest absolute Gasteiger partial charge is 0.350 e. The maximum absolute atomic E-state index is 11.6. The van der Waals surface area contributed by atoms with Gasteiger partial charge in [0.25, 0.3) is 5.91 Å². The van der Waals surface area contributed by atoms with Gasteiger partial charge < -0.3 is 5.32 Å². The van der Waals surface area contributed by atoms with Crippen LogP contribution in [0.5, 0.6) is 0 Å². The first-order valence-corrected chi connectivity index (χ1v) is 5.02. The highest BCUT2D eigenvalue weighted by molar-refractivity contribution is 6.14.